The van der Waals surface area contributed by atoms with E-state index in [1.165, 1.54) is 21.9 Å². The highest BCUT2D eigenvalue weighted by Crippen LogP contribution is 2.35. The molecule has 6 rings (SSSR count). The Labute approximate surface area is 179 Å². The van der Waals surface area contributed by atoms with Gasteiger partial charge in [0.15, 0.2) is 0 Å². The summed E-state index contributed by atoms with van der Waals surface area (Å²) in [5, 5.41) is 2.42. The third-order valence-electron chi connectivity index (χ3n) is 6.66. The lowest BCUT2D eigenvalue weighted by atomic mass is 9.90. The summed E-state index contributed by atoms with van der Waals surface area (Å²) in [5.41, 5.74) is 7.18. The number of benzene rings is 2. The SMILES string of the molecule is CN1CC(c2c[nH]c3cc(-c4c(-c5ccc6c(ccn6C)c5)cc[nH]c4=O)ccc23)C1. The van der Waals surface area contributed by atoms with Gasteiger partial charge in [0.05, 0.1) is 5.56 Å². The van der Waals surface area contributed by atoms with E-state index in [-0.39, 0.29) is 5.56 Å². The first kappa shape index (κ1) is 18.2. The van der Waals surface area contributed by atoms with Crippen molar-refractivity contribution in [3.8, 4) is 22.3 Å². The van der Waals surface area contributed by atoms with Gasteiger partial charge in [0.25, 0.3) is 5.56 Å². The smallest absolute Gasteiger partial charge is 0.256 e. The molecular formula is C26H24N4O. The Bertz CT molecular complexity index is 1500. The molecule has 5 nitrogen and oxygen atoms in total. The van der Waals surface area contributed by atoms with E-state index in [1.807, 2.05) is 13.1 Å². The van der Waals surface area contributed by atoms with Gasteiger partial charge in [-0.3, -0.25) is 4.79 Å². The molecule has 4 heterocycles. The fraction of sp³-hybridized carbons (Fsp3) is 0.192. The third-order valence-corrected chi connectivity index (χ3v) is 6.66. The summed E-state index contributed by atoms with van der Waals surface area (Å²) in [4.78, 5) is 21.6. The quantitative estimate of drug-likeness (QED) is 0.454. The summed E-state index contributed by atoms with van der Waals surface area (Å²) < 4.78 is 2.11. The van der Waals surface area contributed by atoms with Gasteiger partial charge >= 0.3 is 0 Å². The number of fused-ring (bicyclic) bond motifs is 2. The Balaban J connectivity index is 1.48. The Morgan fingerprint density at radius 3 is 2.61 bits per heavy atom. The number of nitrogens with zero attached hydrogens (tertiary/aromatic N) is 2. The van der Waals surface area contributed by atoms with Crippen LogP contribution in [0.3, 0.4) is 0 Å². The number of hydrogen-bond donors (Lipinski definition) is 2. The van der Waals surface area contributed by atoms with Crippen molar-refractivity contribution in [1.82, 2.24) is 19.4 Å². The first-order valence-electron chi connectivity index (χ1n) is 10.7. The molecule has 0 amide bonds. The van der Waals surface area contributed by atoms with Crippen molar-refractivity contribution in [3.63, 3.8) is 0 Å². The molecule has 154 valence electrons. The van der Waals surface area contributed by atoms with Gasteiger partial charge < -0.3 is 19.4 Å². The van der Waals surface area contributed by atoms with Crippen molar-refractivity contribution in [3.05, 3.63) is 83.0 Å². The number of nitrogens with one attached hydrogen (secondary N) is 2. The summed E-state index contributed by atoms with van der Waals surface area (Å²) in [7, 11) is 4.20. The number of H-pyrrole nitrogens is 2. The van der Waals surface area contributed by atoms with Gasteiger partial charge in [-0.15, -0.1) is 0 Å². The summed E-state index contributed by atoms with van der Waals surface area (Å²) in [6.07, 6.45) is 5.92. The fourth-order valence-electron chi connectivity index (χ4n) is 4.99. The highest BCUT2D eigenvalue weighted by Gasteiger charge is 2.27. The second-order valence-electron chi connectivity index (χ2n) is 8.72. The van der Waals surface area contributed by atoms with Gasteiger partial charge in [0.2, 0.25) is 0 Å². The van der Waals surface area contributed by atoms with Crippen molar-refractivity contribution >= 4 is 21.8 Å². The molecule has 5 heteroatoms. The van der Waals surface area contributed by atoms with Gasteiger partial charge in [0.1, 0.15) is 0 Å². The number of aromatic amines is 2. The Hall–Kier alpha value is -3.57. The molecule has 3 aromatic heterocycles. The minimum Gasteiger partial charge on any atom is -0.361 e. The molecule has 2 aromatic carbocycles. The van der Waals surface area contributed by atoms with Crippen molar-refractivity contribution in [1.29, 1.82) is 0 Å². The lowest BCUT2D eigenvalue weighted by Gasteiger charge is -2.36. The lowest BCUT2D eigenvalue weighted by Crippen LogP contribution is -2.41. The molecule has 0 radical (unpaired) electrons. The van der Waals surface area contributed by atoms with Crippen molar-refractivity contribution in [2.24, 2.45) is 7.05 Å². The van der Waals surface area contributed by atoms with Gasteiger partial charge in [-0.25, -0.2) is 0 Å². The maximum absolute atomic E-state index is 12.9. The van der Waals surface area contributed by atoms with Crippen LogP contribution in [0, 0.1) is 0 Å². The molecule has 0 bridgehead atoms. The van der Waals surface area contributed by atoms with E-state index < -0.39 is 0 Å². The summed E-state index contributed by atoms with van der Waals surface area (Å²) >= 11 is 0. The van der Waals surface area contributed by atoms with E-state index in [0.29, 0.717) is 11.5 Å². The number of likely N-dealkylation sites (tertiary alicyclic amines) is 1. The molecule has 1 aliphatic heterocycles. The third kappa shape index (κ3) is 2.85. The van der Waals surface area contributed by atoms with Crippen LogP contribution < -0.4 is 5.56 Å². The zero-order valence-corrected chi connectivity index (χ0v) is 17.6. The fourth-order valence-corrected chi connectivity index (χ4v) is 4.99. The van der Waals surface area contributed by atoms with E-state index in [1.54, 1.807) is 6.20 Å². The monoisotopic (exact) mass is 408 g/mol. The van der Waals surface area contributed by atoms with Crippen molar-refractivity contribution in [2.75, 3.05) is 20.1 Å². The molecule has 0 spiro atoms. The predicted octanol–water partition coefficient (Wildman–Crippen LogP) is 4.71. The number of aryl methyl sites for hydroxylation is 1. The van der Waals surface area contributed by atoms with Crippen LogP contribution in [0.5, 0.6) is 0 Å². The first-order chi connectivity index (χ1) is 15.1. The normalized spacial score (nSPS) is 15.0. The molecule has 1 saturated heterocycles. The average molecular weight is 409 g/mol. The molecule has 0 saturated carbocycles. The van der Waals surface area contributed by atoms with Crippen LogP contribution in [-0.2, 0) is 7.05 Å². The summed E-state index contributed by atoms with van der Waals surface area (Å²) in [6, 6.07) is 16.8. The largest absolute Gasteiger partial charge is 0.361 e. The standard InChI is InChI=1S/C26H24N4O/c1-29-14-19(15-29)22-13-28-23-12-18(3-5-21(22)23)25-20(7-9-27-26(25)31)16-4-6-24-17(11-16)8-10-30(24)2/h3-13,19,28H,14-15H2,1-2H3,(H,27,31). The van der Waals surface area contributed by atoms with Gasteiger partial charge in [-0.1, -0.05) is 18.2 Å². The first-order valence-corrected chi connectivity index (χ1v) is 10.7. The average Bonchev–Trinajstić information content (AvgIpc) is 3.34. The van der Waals surface area contributed by atoms with E-state index in [9.17, 15) is 4.79 Å². The molecule has 2 N–H and O–H groups in total. The van der Waals surface area contributed by atoms with Crippen LogP contribution >= 0.6 is 0 Å². The molecular weight excluding hydrogens is 384 g/mol. The molecule has 0 atom stereocenters. The Kier molecular flexibility index (Phi) is 3.95. The second kappa shape index (κ2) is 6.72. The molecule has 1 aliphatic rings. The number of likely N-dealkylation sites (N-methyl/N-ethyl adjacent to an activating group) is 1. The summed E-state index contributed by atoms with van der Waals surface area (Å²) in [6.45, 7) is 2.19. The van der Waals surface area contributed by atoms with Crippen LogP contribution in [0.25, 0.3) is 44.1 Å². The zero-order valence-electron chi connectivity index (χ0n) is 17.6. The summed E-state index contributed by atoms with van der Waals surface area (Å²) in [5.74, 6) is 0.581. The van der Waals surface area contributed by atoms with E-state index >= 15 is 0 Å². The highest BCUT2D eigenvalue weighted by molar-refractivity contribution is 5.93. The van der Waals surface area contributed by atoms with Gasteiger partial charge in [-0.2, -0.15) is 0 Å². The van der Waals surface area contributed by atoms with E-state index in [2.05, 4.69) is 81.3 Å². The van der Waals surface area contributed by atoms with Crippen LogP contribution in [-0.4, -0.2) is 39.6 Å². The van der Waals surface area contributed by atoms with Crippen LogP contribution in [0.15, 0.2) is 71.9 Å². The van der Waals surface area contributed by atoms with Gasteiger partial charge in [-0.05, 0) is 59.6 Å². The van der Waals surface area contributed by atoms with Crippen LogP contribution in [0.2, 0.25) is 0 Å². The maximum Gasteiger partial charge on any atom is 0.256 e. The number of pyridine rings is 1. The second-order valence-corrected chi connectivity index (χ2v) is 8.72. The highest BCUT2D eigenvalue weighted by atomic mass is 16.1. The van der Waals surface area contributed by atoms with Crippen LogP contribution in [0.4, 0.5) is 0 Å². The minimum atomic E-state index is -0.0718. The van der Waals surface area contributed by atoms with Gasteiger partial charge in [0, 0.05) is 66.5 Å². The lowest BCUT2D eigenvalue weighted by molar-refractivity contribution is 0.190. The molecule has 0 unspecified atom stereocenters. The predicted molar refractivity (Wildman–Crippen MR) is 127 cm³/mol. The maximum atomic E-state index is 12.9. The molecule has 31 heavy (non-hydrogen) atoms. The minimum absolute atomic E-state index is 0.0718. The van der Waals surface area contributed by atoms with Crippen molar-refractivity contribution in [2.45, 2.75) is 5.92 Å². The Morgan fingerprint density at radius 2 is 1.77 bits per heavy atom. The van der Waals surface area contributed by atoms with E-state index in [0.717, 1.165) is 35.3 Å². The number of hydrogen-bond acceptors (Lipinski definition) is 2. The molecule has 0 aliphatic carbocycles. The van der Waals surface area contributed by atoms with Crippen molar-refractivity contribution < 1.29 is 0 Å². The Morgan fingerprint density at radius 1 is 0.935 bits per heavy atom. The number of aromatic nitrogens is 3. The number of rotatable bonds is 3. The molecule has 1 fully saturated rings. The van der Waals surface area contributed by atoms with E-state index in [4.69, 9.17) is 0 Å². The zero-order chi connectivity index (χ0) is 21.1. The topological polar surface area (TPSA) is 56.8 Å². The molecule has 5 aromatic rings. The van der Waals surface area contributed by atoms with Crippen LogP contribution in [0.1, 0.15) is 11.5 Å².